The van der Waals surface area contributed by atoms with Crippen LogP contribution in [-0.2, 0) is 0 Å². The number of hydrogen-bond acceptors (Lipinski definition) is 4. The number of aliphatic hydroxyl groups is 1. The van der Waals surface area contributed by atoms with Gasteiger partial charge in [0.15, 0.2) is 4.77 Å². The van der Waals surface area contributed by atoms with Gasteiger partial charge >= 0.3 is 0 Å². The summed E-state index contributed by atoms with van der Waals surface area (Å²) in [5.41, 5.74) is 0.655. The Hall–Kier alpha value is -1.99. The average Bonchev–Trinajstić information content (AvgIpc) is 3.06. The predicted molar refractivity (Wildman–Crippen MR) is 90.1 cm³/mol. The molecule has 23 heavy (non-hydrogen) atoms. The molecular formula is C16H19N3O3S. The third-order valence-corrected chi connectivity index (χ3v) is 4.62. The van der Waals surface area contributed by atoms with Gasteiger partial charge in [-0.1, -0.05) is 12.8 Å². The standard InChI is InChI=1S/C16H19N3O3S/c20-13(9-3-1-2-4-9)8-17-14(21)10-5-6-11-12(7-10)18-16(23)19-15(11)22/h5-7,9,13,20H,1-4,8H2,(H,17,21)(H2,18,19,22,23)/t13-/m0/s1. The molecule has 1 saturated carbocycles. The van der Waals surface area contributed by atoms with Gasteiger partial charge in [0.25, 0.3) is 11.5 Å². The SMILES string of the molecule is O=C(NC[C@H](O)C1CCCC1)c1ccc2c(=O)[nH]c(=S)[nH]c2c1. The van der Waals surface area contributed by atoms with Crippen LogP contribution >= 0.6 is 12.2 Å². The van der Waals surface area contributed by atoms with Crippen molar-refractivity contribution in [2.24, 2.45) is 5.92 Å². The normalized spacial score (nSPS) is 16.6. The molecule has 122 valence electrons. The first-order valence-electron chi connectivity index (χ1n) is 7.77. The molecule has 0 bridgehead atoms. The van der Waals surface area contributed by atoms with Crippen molar-refractivity contribution >= 4 is 29.0 Å². The molecule has 1 fully saturated rings. The minimum atomic E-state index is -0.504. The van der Waals surface area contributed by atoms with Crippen LogP contribution in [-0.4, -0.2) is 33.6 Å². The molecule has 0 spiro atoms. The predicted octanol–water partition coefficient (Wildman–Crippen LogP) is 1.87. The summed E-state index contributed by atoms with van der Waals surface area (Å²) in [6, 6.07) is 4.77. The topological polar surface area (TPSA) is 98.0 Å². The van der Waals surface area contributed by atoms with E-state index in [0.29, 0.717) is 16.5 Å². The summed E-state index contributed by atoms with van der Waals surface area (Å²) in [5, 5.41) is 13.3. The van der Waals surface area contributed by atoms with Gasteiger partial charge < -0.3 is 15.4 Å². The van der Waals surface area contributed by atoms with Gasteiger partial charge in [0.1, 0.15) is 0 Å². The van der Waals surface area contributed by atoms with Gasteiger partial charge in [-0.15, -0.1) is 0 Å². The Kier molecular flexibility index (Phi) is 4.58. The number of carbonyl (C=O) groups excluding carboxylic acids is 1. The second-order valence-corrected chi connectivity index (χ2v) is 6.40. The van der Waals surface area contributed by atoms with E-state index < -0.39 is 6.10 Å². The third-order valence-electron chi connectivity index (χ3n) is 4.42. The number of carbonyl (C=O) groups is 1. The van der Waals surface area contributed by atoms with Crippen molar-refractivity contribution in [1.82, 2.24) is 15.3 Å². The Morgan fingerprint density at radius 1 is 1.35 bits per heavy atom. The number of rotatable bonds is 4. The Morgan fingerprint density at radius 3 is 2.83 bits per heavy atom. The second-order valence-electron chi connectivity index (χ2n) is 5.99. The van der Waals surface area contributed by atoms with Crippen LogP contribution in [0.3, 0.4) is 0 Å². The summed E-state index contributed by atoms with van der Waals surface area (Å²) in [5.74, 6) is 0.00474. The maximum atomic E-state index is 12.2. The molecule has 0 saturated heterocycles. The number of amides is 1. The van der Waals surface area contributed by atoms with Crippen LogP contribution in [0, 0.1) is 10.7 Å². The summed E-state index contributed by atoms with van der Waals surface area (Å²) in [6.07, 6.45) is 3.83. The lowest BCUT2D eigenvalue weighted by Crippen LogP contribution is -2.35. The molecule has 0 radical (unpaired) electrons. The minimum Gasteiger partial charge on any atom is -0.391 e. The number of nitrogens with one attached hydrogen (secondary N) is 3. The van der Waals surface area contributed by atoms with Gasteiger partial charge in [-0.05, 0) is 49.2 Å². The van der Waals surface area contributed by atoms with Crippen molar-refractivity contribution in [2.45, 2.75) is 31.8 Å². The summed E-state index contributed by atoms with van der Waals surface area (Å²) in [4.78, 5) is 29.4. The van der Waals surface area contributed by atoms with E-state index in [1.165, 1.54) is 0 Å². The highest BCUT2D eigenvalue weighted by molar-refractivity contribution is 7.71. The fourth-order valence-corrected chi connectivity index (χ4v) is 3.32. The van der Waals surface area contributed by atoms with Gasteiger partial charge in [-0.25, -0.2) is 0 Å². The number of H-pyrrole nitrogens is 2. The van der Waals surface area contributed by atoms with Crippen molar-refractivity contribution in [2.75, 3.05) is 6.54 Å². The second kappa shape index (κ2) is 6.64. The third kappa shape index (κ3) is 3.51. The van der Waals surface area contributed by atoms with E-state index in [-0.39, 0.29) is 28.7 Å². The summed E-state index contributed by atoms with van der Waals surface area (Å²) >= 11 is 4.94. The van der Waals surface area contributed by atoms with E-state index >= 15 is 0 Å². The largest absolute Gasteiger partial charge is 0.391 e. The zero-order chi connectivity index (χ0) is 16.4. The first kappa shape index (κ1) is 15.9. The molecule has 1 aliphatic rings. The first-order chi connectivity index (χ1) is 11.0. The molecule has 1 amide bonds. The fourth-order valence-electron chi connectivity index (χ4n) is 3.12. The number of aliphatic hydroxyl groups excluding tert-OH is 1. The molecular weight excluding hydrogens is 314 g/mol. The van der Waals surface area contributed by atoms with Crippen LogP contribution in [0.15, 0.2) is 23.0 Å². The Bertz CT molecular complexity index is 836. The lowest BCUT2D eigenvalue weighted by molar-refractivity contribution is 0.0840. The van der Waals surface area contributed by atoms with Crippen molar-refractivity contribution in [1.29, 1.82) is 0 Å². The molecule has 1 aromatic heterocycles. The Balaban J connectivity index is 1.73. The first-order valence-corrected chi connectivity index (χ1v) is 8.18. The van der Waals surface area contributed by atoms with Crippen LogP contribution in [0.2, 0.25) is 0 Å². The van der Waals surface area contributed by atoms with Crippen molar-refractivity contribution < 1.29 is 9.90 Å². The number of aromatic amines is 2. The van der Waals surface area contributed by atoms with Crippen molar-refractivity contribution in [3.63, 3.8) is 0 Å². The van der Waals surface area contributed by atoms with E-state index in [4.69, 9.17) is 12.2 Å². The van der Waals surface area contributed by atoms with Crippen LogP contribution in [0.25, 0.3) is 10.9 Å². The minimum absolute atomic E-state index is 0.219. The molecule has 1 atom stereocenters. The van der Waals surface area contributed by atoms with Gasteiger partial charge in [0.2, 0.25) is 0 Å². The van der Waals surface area contributed by atoms with Crippen LogP contribution in [0.5, 0.6) is 0 Å². The number of aromatic nitrogens is 2. The molecule has 1 aromatic carbocycles. The van der Waals surface area contributed by atoms with Crippen LogP contribution < -0.4 is 10.9 Å². The summed E-state index contributed by atoms with van der Waals surface area (Å²) < 4.78 is 0.219. The Morgan fingerprint density at radius 2 is 2.09 bits per heavy atom. The lowest BCUT2D eigenvalue weighted by atomic mass is 10.0. The molecule has 0 unspecified atom stereocenters. The molecule has 1 heterocycles. The lowest BCUT2D eigenvalue weighted by Gasteiger charge is -2.18. The maximum absolute atomic E-state index is 12.2. The van der Waals surface area contributed by atoms with Gasteiger partial charge in [0.05, 0.1) is 17.0 Å². The summed E-state index contributed by atoms with van der Waals surface area (Å²) in [6.45, 7) is 0.243. The Labute approximate surface area is 137 Å². The molecule has 3 rings (SSSR count). The zero-order valence-corrected chi connectivity index (χ0v) is 13.4. The maximum Gasteiger partial charge on any atom is 0.259 e. The van der Waals surface area contributed by atoms with E-state index in [9.17, 15) is 14.7 Å². The van der Waals surface area contributed by atoms with Crippen LogP contribution in [0.1, 0.15) is 36.0 Å². The van der Waals surface area contributed by atoms with E-state index in [1.807, 2.05) is 0 Å². The fraction of sp³-hybridized carbons (Fsp3) is 0.438. The van der Waals surface area contributed by atoms with E-state index in [1.54, 1.807) is 18.2 Å². The van der Waals surface area contributed by atoms with E-state index in [0.717, 1.165) is 25.7 Å². The number of hydrogen-bond donors (Lipinski definition) is 4. The average molecular weight is 333 g/mol. The highest BCUT2D eigenvalue weighted by Crippen LogP contribution is 2.27. The smallest absolute Gasteiger partial charge is 0.259 e. The number of benzene rings is 1. The van der Waals surface area contributed by atoms with Crippen LogP contribution in [0.4, 0.5) is 0 Å². The molecule has 6 nitrogen and oxygen atoms in total. The van der Waals surface area contributed by atoms with Crippen molar-refractivity contribution in [3.8, 4) is 0 Å². The van der Waals surface area contributed by atoms with Gasteiger partial charge in [-0.2, -0.15) is 0 Å². The molecule has 0 aliphatic heterocycles. The monoisotopic (exact) mass is 333 g/mol. The highest BCUT2D eigenvalue weighted by atomic mass is 32.1. The molecule has 4 N–H and O–H groups in total. The zero-order valence-electron chi connectivity index (χ0n) is 12.6. The quantitative estimate of drug-likeness (QED) is 0.642. The molecule has 1 aliphatic carbocycles. The molecule has 2 aromatic rings. The summed E-state index contributed by atoms with van der Waals surface area (Å²) in [7, 11) is 0. The van der Waals surface area contributed by atoms with E-state index in [2.05, 4.69) is 15.3 Å². The highest BCUT2D eigenvalue weighted by Gasteiger charge is 2.23. The number of fused-ring (bicyclic) bond motifs is 1. The van der Waals surface area contributed by atoms with Gasteiger partial charge in [-0.3, -0.25) is 14.6 Å². The van der Waals surface area contributed by atoms with Crippen molar-refractivity contribution in [3.05, 3.63) is 38.9 Å². The van der Waals surface area contributed by atoms with Gasteiger partial charge in [0, 0.05) is 12.1 Å². The molecule has 7 heteroatoms.